The van der Waals surface area contributed by atoms with Gasteiger partial charge in [-0.1, -0.05) is 0 Å². The lowest BCUT2D eigenvalue weighted by atomic mass is 9.53. The van der Waals surface area contributed by atoms with Gasteiger partial charge in [-0.3, -0.25) is 10.3 Å². The summed E-state index contributed by atoms with van der Waals surface area (Å²) in [6.45, 7) is 3.52. The molecule has 0 spiro atoms. The highest BCUT2D eigenvalue weighted by molar-refractivity contribution is 9.10. The Bertz CT molecular complexity index is 1000. The van der Waals surface area contributed by atoms with Crippen molar-refractivity contribution in [1.29, 1.82) is 10.7 Å². The average molecular weight is 495 g/mol. The van der Waals surface area contributed by atoms with Gasteiger partial charge in [0.1, 0.15) is 0 Å². The third kappa shape index (κ3) is 3.42. The number of rotatable bonds is 5. The van der Waals surface area contributed by atoms with Crippen molar-refractivity contribution in [1.82, 2.24) is 9.88 Å². The smallest absolute Gasteiger partial charge is 0.228 e. The Morgan fingerprint density at radius 3 is 2.53 bits per heavy atom. The number of sulfone groups is 1. The summed E-state index contributed by atoms with van der Waals surface area (Å²) in [4.78, 5) is 5.70. The van der Waals surface area contributed by atoms with E-state index in [0.29, 0.717) is 29.1 Å². The summed E-state index contributed by atoms with van der Waals surface area (Å²) in [6.07, 6.45) is 8.99. The molecule has 1 heterocycles. The summed E-state index contributed by atoms with van der Waals surface area (Å²) in [5, 5.41) is 18.9. The van der Waals surface area contributed by atoms with Crippen LogP contribution in [0, 0.1) is 34.6 Å². The number of ether oxygens (including phenoxy) is 1. The van der Waals surface area contributed by atoms with Crippen molar-refractivity contribution in [2.24, 2.45) is 17.8 Å². The van der Waals surface area contributed by atoms with Crippen molar-refractivity contribution in [2.75, 3.05) is 6.26 Å². The predicted octanol–water partition coefficient (Wildman–Crippen LogP) is 3.75. The molecule has 0 aliphatic heterocycles. The lowest BCUT2D eigenvalue weighted by Crippen LogP contribution is -2.65. The largest absolute Gasteiger partial charge is 0.463 e. The SMILES string of the molecule is CC(C)(Oc1ncccc1Br)C(=N)N(C#N)C1C2CC3CC1CC(S(C)(=O)=O)(C3)C2. The van der Waals surface area contributed by atoms with Gasteiger partial charge in [0.25, 0.3) is 0 Å². The first kappa shape index (κ1) is 21.6. The lowest BCUT2D eigenvalue weighted by molar-refractivity contribution is -0.0244. The summed E-state index contributed by atoms with van der Waals surface area (Å²) in [6, 6.07) is 3.44. The Hall–Kier alpha value is -1.66. The fraction of sp³-hybridized carbons (Fsp3) is 0.667. The monoisotopic (exact) mass is 494 g/mol. The van der Waals surface area contributed by atoms with Gasteiger partial charge in [-0.2, -0.15) is 5.26 Å². The van der Waals surface area contributed by atoms with Crippen LogP contribution in [0.3, 0.4) is 0 Å². The van der Waals surface area contributed by atoms with E-state index in [9.17, 15) is 13.7 Å². The van der Waals surface area contributed by atoms with Crippen LogP contribution < -0.4 is 4.74 Å². The molecule has 30 heavy (non-hydrogen) atoms. The molecule has 9 heteroatoms. The van der Waals surface area contributed by atoms with Crippen LogP contribution in [0.15, 0.2) is 22.8 Å². The van der Waals surface area contributed by atoms with Crippen molar-refractivity contribution in [3.05, 3.63) is 22.8 Å². The molecule has 7 nitrogen and oxygen atoms in total. The fourth-order valence-corrected chi connectivity index (χ4v) is 8.00. The second-order valence-electron chi connectivity index (χ2n) is 9.64. The van der Waals surface area contributed by atoms with Gasteiger partial charge in [0.2, 0.25) is 5.88 Å². The molecule has 4 fully saturated rings. The average Bonchev–Trinajstić information content (AvgIpc) is 2.64. The first-order valence-electron chi connectivity index (χ1n) is 10.2. The first-order valence-corrected chi connectivity index (χ1v) is 12.9. The molecule has 0 aromatic carbocycles. The molecule has 1 aromatic heterocycles. The van der Waals surface area contributed by atoms with Gasteiger partial charge < -0.3 is 4.74 Å². The Balaban J connectivity index is 1.60. The molecule has 2 atom stereocenters. The minimum atomic E-state index is -3.16. The molecule has 0 saturated heterocycles. The molecule has 4 bridgehead atoms. The van der Waals surface area contributed by atoms with E-state index in [-0.39, 0.29) is 23.7 Å². The van der Waals surface area contributed by atoms with E-state index in [2.05, 4.69) is 27.1 Å². The molecule has 4 aliphatic carbocycles. The standard InChI is InChI=1S/C21H27BrN4O3S/c1-20(2,29-18-16(22)5-4-6-25-18)19(24)26(12-23)17-14-7-13-8-15(17)11-21(9-13,10-14)30(3,27)28/h4-6,13-15,17,24H,7-11H2,1-3H3. The molecule has 4 aliphatic rings. The predicted molar refractivity (Wildman–Crippen MR) is 117 cm³/mol. The number of hydrogen-bond donors (Lipinski definition) is 1. The third-order valence-corrected chi connectivity index (χ3v) is 9.92. The maximum atomic E-state index is 12.6. The number of amidine groups is 1. The summed E-state index contributed by atoms with van der Waals surface area (Å²) >= 11 is 3.41. The zero-order valence-corrected chi connectivity index (χ0v) is 19.8. The zero-order chi connectivity index (χ0) is 21.9. The van der Waals surface area contributed by atoms with Crippen LogP contribution in [-0.2, 0) is 9.84 Å². The van der Waals surface area contributed by atoms with Gasteiger partial charge in [-0.25, -0.2) is 13.4 Å². The summed E-state index contributed by atoms with van der Waals surface area (Å²) in [5.41, 5.74) is -1.07. The van der Waals surface area contributed by atoms with Crippen molar-refractivity contribution in [2.45, 2.75) is 62.3 Å². The van der Waals surface area contributed by atoms with Gasteiger partial charge in [-0.15, -0.1) is 0 Å². The molecule has 1 aromatic rings. The van der Waals surface area contributed by atoms with E-state index < -0.39 is 20.2 Å². The molecule has 162 valence electrons. The summed E-state index contributed by atoms with van der Waals surface area (Å²) in [5.74, 6) is 1.04. The topological polar surface area (TPSA) is 107 Å². The molecule has 0 amide bonds. The maximum absolute atomic E-state index is 12.6. The Kier molecular flexibility index (Phi) is 5.17. The van der Waals surface area contributed by atoms with E-state index >= 15 is 0 Å². The van der Waals surface area contributed by atoms with Crippen LogP contribution in [0.4, 0.5) is 0 Å². The van der Waals surface area contributed by atoms with E-state index in [4.69, 9.17) is 10.1 Å². The number of hydrogen-bond acceptors (Lipinski definition) is 6. The van der Waals surface area contributed by atoms with Gasteiger partial charge in [0.15, 0.2) is 27.5 Å². The number of aromatic nitrogens is 1. The van der Waals surface area contributed by atoms with Gasteiger partial charge >= 0.3 is 0 Å². The number of pyridine rings is 1. The molecule has 0 radical (unpaired) electrons. The number of nitriles is 1. The molecule has 1 N–H and O–H groups in total. The van der Waals surface area contributed by atoms with Crippen LogP contribution in [0.1, 0.15) is 46.0 Å². The van der Waals surface area contributed by atoms with Crippen LogP contribution >= 0.6 is 15.9 Å². The maximum Gasteiger partial charge on any atom is 0.228 e. The van der Waals surface area contributed by atoms with E-state index in [1.54, 1.807) is 26.1 Å². The number of nitrogens with one attached hydrogen (secondary N) is 1. The third-order valence-electron chi connectivity index (χ3n) is 7.25. The molecule has 4 saturated carbocycles. The van der Waals surface area contributed by atoms with Gasteiger partial charge in [0.05, 0.1) is 15.3 Å². The highest BCUT2D eigenvalue weighted by Gasteiger charge is 2.61. The Morgan fingerprint density at radius 1 is 1.37 bits per heavy atom. The first-order chi connectivity index (χ1) is 14.0. The minimum absolute atomic E-state index is 0.0773. The van der Waals surface area contributed by atoms with Crippen LogP contribution in [-0.4, -0.2) is 46.8 Å². The summed E-state index contributed by atoms with van der Waals surface area (Å²) < 4.78 is 31.3. The highest BCUT2D eigenvalue weighted by Crippen LogP contribution is 2.59. The molecule has 2 unspecified atom stereocenters. The van der Waals surface area contributed by atoms with E-state index in [1.165, 1.54) is 11.2 Å². The quantitative estimate of drug-likeness (QED) is 0.289. The fourth-order valence-electron chi connectivity index (χ4n) is 6.09. The van der Waals surface area contributed by atoms with Crippen molar-refractivity contribution in [3.8, 4) is 12.1 Å². The number of halogens is 1. The second kappa shape index (κ2) is 7.20. The second-order valence-corrected chi connectivity index (χ2v) is 12.9. The minimum Gasteiger partial charge on any atom is -0.463 e. The van der Waals surface area contributed by atoms with Crippen LogP contribution in [0.5, 0.6) is 5.88 Å². The lowest BCUT2D eigenvalue weighted by Gasteiger charge is -2.60. The Labute approximate surface area is 186 Å². The molecular weight excluding hydrogens is 468 g/mol. The van der Waals surface area contributed by atoms with E-state index in [1.807, 2.05) is 6.07 Å². The van der Waals surface area contributed by atoms with Crippen molar-refractivity contribution in [3.63, 3.8) is 0 Å². The molecule has 5 rings (SSSR count). The summed E-state index contributed by atoms with van der Waals surface area (Å²) in [7, 11) is -3.16. The van der Waals surface area contributed by atoms with E-state index in [0.717, 1.165) is 19.3 Å². The van der Waals surface area contributed by atoms with Gasteiger partial charge in [-0.05, 0) is 91.8 Å². The van der Waals surface area contributed by atoms with Crippen LogP contribution in [0.2, 0.25) is 0 Å². The van der Waals surface area contributed by atoms with Crippen molar-refractivity contribution >= 4 is 31.6 Å². The number of nitrogens with zero attached hydrogens (tertiary/aromatic N) is 3. The normalized spacial score (nSPS) is 32.5. The Morgan fingerprint density at radius 2 is 2.00 bits per heavy atom. The van der Waals surface area contributed by atoms with Gasteiger partial charge in [0, 0.05) is 12.5 Å². The highest BCUT2D eigenvalue weighted by atomic mass is 79.9. The molecular formula is C21H27BrN4O3S. The van der Waals surface area contributed by atoms with Crippen molar-refractivity contribution < 1.29 is 13.2 Å². The van der Waals surface area contributed by atoms with Crippen LogP contribution in [0.25, 0.3) is 0 Å². The zero-order valence-electron chi connectivity index (χ0n) is 17.4.